The van der Waals surface area contributed by atoms with Crippen LogP contribution >= 0.6 is 0 Å². The number of nitriles is 1. The first-order chi connectivity index (χ1) is 7.76. The van der Waals surface area contributed by atoms with E-state index in [1.54, 1.807) is 14.2 Å². The topological polar surface area (TPSA) is 54.3 Å². The van der Waals surface area contributed by atoms with Crippen LogP contribution in [0.4, 0.5) is 0 Å². The third kappa shape index (κ3) is 2.65. The lowest BCUT2D eigenvalue weighted by Gasteiger charge is -2.14. The Morgan fingerprint density at radius 2 is 2.12 bits per heavy atom. The van der Waals surface area contributed by atoms with Crippen LogP contribution in [0.5, 0.6) is 11.5 Å². The van der Waals surface area contributed by atoms with Crippen molar-refractivity contribution in [1.29, 1.82) is 5.26 Å². The number of hydrogen-bond acceptors (Lipinski definition) is 4. The molecule has 4 heteroatoms. The van der Waals surface area contributed by atoms with Crippen molar-refractivity contribution in [3.63, 3.8) is 0 Å². The minimum absolute atomic E-state index is 0.241. The van der Waals surface area contributed by atoms with Crippen molar-refractivity contribution in [2.45, 2.75) is 5.92 Å². The van der Waals surface area contributed by atoms with Crippen LogP contribution in [0.3, 0.4) is 0 Å². The molecule has 0 aliphatic rings. The zero-order valence-corrected chi connectivity index (χ0v) is 9.78. The van der Waals surface area contributed by atoms with Crippen LogP contribution in [0.2, 0.25) is 0 Å². The molecular weight excluding hydrogens is 204 g/mol. The van der Waals surface area contributed by atoms with Crippen molar-refractivity contribution in [3.8, 4) is 17.6 Å². The smallest absolute Gasteiger partial charge is 0.123 e. The van der Waals surface area contributed by atoms with Gasteiger partial charge in [0.15, 0.2) is 0 Å². The standard InChI is InChI=1S/C12H16N2O2/c1-14-8-9(7-13)11-6-10(15-2)4-5-12(11)16-3/h4-6,9,14H,8H2,1-3H3. The van der Waals surface area contributed by atoms with Crippen molar-refractivity contribution >= 4 is 0 Å². The van der Waals surface area contributed by atoms with E-state index in [9.17, 15) is 0 Å². The fourth-order valence-electron chi connectivity index (χ4n) is 1.54. The average molecular weight is 220 g/mol. The third-order valence-corrected chi connectivity index (χ3v) is 2.38. The van der Waals surface area contributed by atoms with Crippen LogP contribution in [0.25, 0.3) is 0 Å². The highest BCUT2D eigenvalue weighted by Gasteiger charge is 2.15. The molecule has 0 saturated heterocycles. The molecule has 0 aliphatic carbocycles. The summed E-state index contributed by atoms with van der Waals surface area (Å²) >= 11 is 0. The lowest BCUT2D eigenvalue weighted by atomic mass is 9.99. The number of hydrogen-bond donors (Lipinski definition) is 1. The number of nitrogens with one attached hydrogen (secondary N) is 1. The summed E-state index contributed by atoms with van der Waals surface area (Å²) in [5, 5.41) is 12.1. The Hall–Kier alpha value is -1.73. The van der Waals surface area contributed by atoms with E-state index in [0.29, 0.717) is 12.3 Å². The fraction of sp³-hybridized carbons (Fsp3) is 0.417. The predicted molar refractivity (Wildman–Crippen MR) is 61.8 cm³/mol. The summed E-state index contributed by atoms with van der Waals surface area (Å²) in [6.07, 6.45) is 0. The molecule has 0 fully saturated rings. The monoisotopic (exact) mass is 220 g/mol. The van der Waals surface area contributed by atoms with Gasteiger partial charge in [0.25, 0.3) is 0 Å². The van der Waals surface area contributed by atoms with Crippen LogP contribution in [-0.2, 0) is 0 Å². The summed E-state index contributed by atoms with van der Waals surface area (Å²) in [4.78, 5) is 0. The zero-order chi connectivity index (χ0) is 12.0. The highest BCUT2D eigenvalue weighted by atomic mass is 16.5. The quantitative estimate of drug-likeness (QED) is 0.817. The number of likely N-dealkylation sites (N-methyl/N-ethyl adjacent to an activating group) is 1. The van der Waals surface area contributed by atoms with E-state index < -0.39 is 0 Å². The zero-order valence-electron chi connectivity index (χ0n) is 9.78. The number of methoxy groups -OCH3 is 2. The van der Waals surface area contributed by atoms with Crippen molar-refractivity contribution < 1.29 is 9.47 Å². The van der Waals surface area contributed by atoms with Gasteiger partial charge in [-0.3, -0.25) is 0 Å². The molecule has 16 heavy (non-hydrogen) atoms. The Kier molecular flexibility index (Phi) is 4.62. The highest BCUT2D eigenvalue weighted by molar-refractivity contribution is 5.44. The van der Waals surface area contributed by atoms with Crippen molar-refractivity contribution in [2.75, 3.05) is 27.8 Å². The molecule has 1 unspecified atom stereocenters. The van der Waals surface area contributed by atoms with Crippen molar-refractivity contribution in [2.24, 2.45) is 0 Å². The predicted octanol–water partition coefficient (Wildman–Crippen LogP) is 1.53. The SMILES string of the molecule is CNCC(C#N)c1cc(OC)ccc1OC. The molecule has 0 aliphatic heterocycles. The number of rotatable bonds is 5. The Morgan fingerprint density at radius 1 is 1.38 bits per heavy atom. The molecule has 0 spiro atoms. The summed E-state index contributed by atoms with van der Waals surface area (Å²) in [7, 11) is 5.02. The molecule has 4 nitrogen and oxygen atoms in total. The first-order valence-electron chi connectivity index (χ1n) is 5.03. The van der Waals surface area contributed by atoms with Gasteiger partial charge in [-0.1, -0.05) is 0 Å². The molecule has 0 radical (unpaired) electrons. The minimum atomic E-state index is -0.241. The van der Waals surface area contributed by atoms with E-state index in [-0.39, 0.29) is 5.92 Å². The Morgan fingerprint density at radius 3 is 2.62 bits per heavy atom. The van der Waals surface area contributed by atoms with Gasteiger partial charge < -0.3 is 14.8 Å². The van der Waals surface area contributed by atoms with Crippen LogP contribution in [0, 0.1) is 11.3 Å². The maximum atomic E-state index is 9.11. The third-order valence-electron chi connectivity index (χ3n) is 2.38. The molecule has 1 atom stereocenters. The van der Waals surface area contributed by atoms with Crippen LogP contribution in [0.15, 0.2) is 18.2 Å². The molecule has 1 rings (SSSR count). The Balaban J connectivity index is 3.11. The molecule has 1 N–H and O–H groups in total. The molecular formula is C12H16N2O2. The molecule has 0 saturated carbocycles. The summed E-state index contributed by atoms with van der Waals surface area (Å²) in [5.41, 5.74) is 0.846. The summed E-state index contributed by atoms with van der Waals surface area (Å²) < 4.78 is 10.4. The number of ether oxygens (including phenoxy) is 2. The Labute approximate surface area is 95.8 Å². The van der Waals surface area contributed by atoms with Gasteiger partial charge >= 0.3 is 0 Å². The summed E-state index contributed by atoms with van der Waals surface area (Å²) in [6.45, 7) is 0.583. The maximum Gasteiger partial charge on any atom is 0.123 e. The van der Waals surface area contributed by atoms with E-state index in [4.69, 9.17) is 14.7 Å². The number of benzene rings is 1. The molecule has 1 aromatic carbocycles. The molecule has 0 heterocycles. The summed E-state index contributed by atoms with van der Waals surface area (Å²) in [5.74, 6) is 1.20. The molecule has 1 aromatic rings. The van der Waals surface area contributed by atoms with Gasteiger partial charge in [0.2, 0.25) is 0 Å². The second-order valence-corrected chi connectivity index (χ2v) is 3.35. The van der Waals surface area contributed by atoms with Gasteiger partial charge in [0, 0.05) is 12.1 Å². The van der Waals surface area contributed by atoms with Gasteiger partial charge in [-0.25, -0.2) is 0 Å². The Bertz CT molecular complexity index is 385. The van der Waals surface area contributed by atoms with Gasteiger partial charge in [-0.2, -0.15) is 5.26 Å². The first-order valence-corrected chi connectivity index (χ1v) is 5.03. The number of nitrogens with zero attached hydrogens (tertiary/aromatic N) is 1. The first kappa shape index (κ1) is 12.3. The average Bonchev–Trinajstić information content (AvgIpc) is 2.35. The maximum absolute atomic E-state index is 9.11. The van der Waals surface area contributed by atoms with E-state index in [2.05, 4.69) is 11.4 Å². The van der Waals surface area contributed by atoms with E-state index in [1.165, 1.54) is 0 Å². The summed E-state index contributed by atoms with van der Waals surface area (Å²) in [6, 6.07) is 7.71. The minimum Gasteiger partial charge on any atom is -0.497 e. The lowest BCUT2D eigenvalue weighted by Crippen LogP contribution is -2.16. The van der Waals surface area contributed by atoms with Crippen molar-refractivity contribution in [3.05, 3.63) is 23.8 Å². The molecule has 86 valence electrons. The highest BCUT2D eigenvalue weighted by Crippen LogP contribution is 2.29. The molecule has 0 amide bonds. The van der Waals surface area contributed by atoms with E-state index in [1.807, 2.05) is 25.2 Å². The van der Waals surface area contributed by atoms with E-state index >= 15 is 0 Å². The van der Waals surface area contributed by atoms with Crippen molar-refractivity contribution in [1.82, 2.24) is 5.32 Å². The van der Waals surface area contributed by atoms with Crippen LogP contribution in [0.1, 0.15) is 11.5 Å². The molecule has 0 bridgehead atoms. The molecule has 0 aromatic heterocycles. The van der Waals surface area contributed by atoms with Gasteiger partial charge in [-0.05, 0) is 25.2 Å². The largest absolute Gasteiger partial charge is 0.497 e. The fourth-order valence-corrected chi connectivity index (χ4v) is 1.54. The van der Waals surface area contributed by atoms with Crippen LogP contribution < -0.4 is 14.8 Å². The van der Waals surface area contributed by atoms with Gasteiger partial charge in [0.05, 0.1) is 26.2 Å². The lowest BCUT2D eigenvalue weighted by molar-refractivity contribution is 0.397. The second-order valence-electron chi connectivity index (χ2n) is 3.35. The van der Waals surface area contributed by atoms with Crippen LogP contribution in [-0.4, -0.2) is 27.8 Å². The van der Waals surface area contributed by atoms with Gasteiger partial charge in [0.1, 0.15) is 11.5 Å². The normalized spacial score (nSPS) is 11.6. The van der Waals surface area contributed by atoms with Gasteiger partial charge in [-0.15, -0.1) is 0 Å². The second kappa shape index (κ2) is 5.99. The van der Waals surface area contributed by atoms with E-state index in [0.717, 1.165) is 11.3 Å².